The van der Waals surface area contributed by atoms with Gasteiger partial charge >= 0.3 is 18.9 Å². The number of unbranched alkanes of at least 4 members (excludes halogenated alkanes) is 3. The number of hydrogen-bond donors (Lipinski definition) is 0. The Bertz CT molecular complexity index is 836. The maximum atomic E-state index is 13.1. The van der Waals surface area contributed by atoms with E-state index in [1.165, 1.54) is 24.8 Å². The smallest absolute Gasteiger partial charge is 1.00 e. The van der Waals surface area contributed by atoms with Gasteiger partial charge in [-0.2, -0.15) is 0 Å². The number of hydrogen-bond acceptors (Lipinski definition) is 2. The fourth-order valence-corrected chi connectivity index (χ4v) is 4.72. The van der Waals surface area contributed by atoms with Gasteiger partial charge in [0.05, 0.1) is 6.61 Å². The van der Waals surface area contributed by atoms with E-state index in [-0.39, 0.29) is 39.8 Å². The molecule has 0 saturated carbocycles. The van der Waals surface area contributed by atoms with Gasteiger partial charge in [0.25, 0.3) is 0 Å². The molecular formula is C26H38LiO2P. The standard InChI is InChI=1S/C26H37O2P.Li.H/c1-8-9-10-11-14-28-22-12-13-23(18(2)17-22)29-25(27)24-19(3)15-21(16-20(24)4)26(5,6)7;;/h12-13,15-17,29H,8-11,14H2,1-7H3;;/q;+1;-1. The molecular weight excluding hydrogens is 382 g/mol. The molecule has 0 saturated heterocycles. The Morgan fingerprint density at radius 3 is 2.13 bits per heavy atom. The molecule has 0 N–H and O–H groups in total. The predicted octanol–water partition coefficient (Wildman–Crippen LogP) is 4.13. The maximum Gasteiger partial charge on any atom is 1.00 e. The molecule has 160 valence electrons. The average Bonchev–Trinajstić information content (AvgIpc) is 2.62. The van der Waals surface area contributed by atoms with Crippen LogP contribution < -0.4 is 28.9 Å². The predicted molar refractivity (Wildman–Crippen MR) is 129 cm³/mol. The summed E-state index contributed by atoms with van der Waals surface area (Å²) in [4.78, 5) is 13.1. The fourth-order valence-electron chi connectivity index (χ4n) is 3.52. The minimum absolute atomic E-state index is 0. The van der Waals surface area contributed by atoms with Gasteiger partial charge in [0.2, 0.25) is 0 Å². The third-order valence-electron chi connectivity index (χ3n) is 5.34. The Hall–Kier alpha value is -1.06. The maximum absolute atomic E-state index is 13.1. The van der Waals surface area contributed by atoms with Crippen LogP contribution in [0.1, 0.15) is 87.4 Å². The van der Waals surface area contributed by atoms with Crippen molar-refractivity contribution >= 4 is 19.4 Å². The molecule has 0 fully saturated rings. The zero-order chi connectivity index (χ0) is 21.6. The van der Waals surface area contributed by atoms with Crippen LogP contribution in [0, 0.1) is 20.8 Å². The van der Waals surface area contributed by atoms with E-state index in [0.717, 1.165) is 46.3 Å². The summed E-state index contributed by atoms with van der Waals surface area (Å²) in [6.45, 7) is 15.8. The fraction of sp³-hybridized carbons (Fsp3) is 0.500. The SMILES string of the molecule is CCCCCCOc1ccc(PC(=O)c2c(C)cc(C(C)(C)C)cc2C)c(C)c1.[H-].[Li+]. The topological polar surface area (TPSA) is 26.3 Å². The molecule has 1 atom stereocenters. The van der Waals surface area contributed by atoms with Crippen molar-refractivity contribution in [1.82, 2.24) is 0 Å². The van der Waals surface area contributed by atoms with Gasteiger partial charge in [0, 0.05) is 5.56 Å². The van der Waals surface area contributed by atoms with Gasteiger partial charge in [0.1, 0.15) is 5.75 Å². The molecule has 4 heteroatoms. The van der Waals surface area contributed by atoms with Crippen LogP contribution >= 0.6 is 8.58 Å². The van der Waals surface area contributed by atoms with Crippen LogP contribution in [0.2, 0.25) is 0 Å². The van der Waals surface area contributed by atoms with E-state index < -0.39 is 0 Å². The van der Waals surface area contributed by atoms with Gasteiger partial charge in [-0.25, -0.2) is 0 Å². The monoisotopic (exact) mass is 420 g/mol. The third kappa shape index (κ3) is 7.57. The minimum Gasteiger partial charge on any atom is -1.00 e. The van der Waals surface area contributed by atoms with Crippen molar-refractivity contribution in [2.24, 2.45) is 0 Å². The van der Waals surface area contributed by atoms with Crippen LogP contribution in [0.25, 0.3) is 0 Å². The second-order valence-corrected chi connectivity index (χ2v) is 10.3. The second-order valence-electron chi connectivity index (χ2n) is 9.08. The Kier molecular flexibility index (Phi) is 10.9. The summed E-state index contributed by atoms with van der Waals surface area (Å²) < 4.78 is 5.88. The van der Waals surface area contributed by atoms with E-state index >= 15 is 0 Å². The van der Waals surface area contributed by atoms with E-state index in [4.69, 9.17) is 4.74 Å². The molecule has 2 aromatic carbocycles. The zero-order valence-electron chi connectivity index (χ0n) is 21.2. The second kappa shape index (κ2) is 12.1. The summed E-state index contributed by atoms with van der Waals surface area (Å²) in [5, 5.41) is 1.10. The summed E-state index contributed by atoms with van der Waals surface area (Å²) in [5.41, 5.74) is 5.76. The Labute approximate surface area is 199 Å². The molecule has 0 aromatic heterocycles. The summed E-state index contributed by atoms with van der Waals surface area (Å²) in [6.07, 6.45) is 4.81. The van der Waals surface area contributed by atoms with E-state index in [1.54, 1.807) is 0 Å². The molecule has 1 unspecified atom stereocenters. The summed E-state index contributed by atoms with van der Waals surface area (Å²) in [7, 11) is 0.135. The largest absolute Gasteiger partial charge is 1.00 e. The first-order valence-corrected chi connectivity index (χ1v) is 11.8. The molecule has 30 heavy (non-hydrogen) atoms. The molecule has 2 rings (SSSR count). The van der Waals surface area contributed by atoms with Crippen LogP contribution in [0.15, 0.2) is 30.3 Å². The van der Waals surface area contributed by atoms with Crippen molar-refractivity contribution in [2.45, 2.75) is 79.6 Å². The van der Waals surface area contributed by atoms with Gasteiger partial charge in [-0.3, -0.25) is 4.79 Å². The van der Waals surface area contributed by atoms with Gasteiger partial charge < -0.3 is 6.16 Å². The van der Waals surface area contributed by atoms with E-state index in [1.807, 2.05) is 6.07 Å². The normalized spacial score (nSPS) is 11.6. The van der Waals surface area contributed by atoms with Crippen molar-refractivity contribution in [3.05, 3.63) is 58.1 Å². The first-order valence-electron chi connectivity index (χ1n) is 10.8. The molecule has 0 aliphatic carbocycles. The van der Waals surface area contributed by atoms with Crippen molar-refractivity contribution in [2.75, 3.05) is 6.61 Å². The van der Waals surface area contributed by atoms with Crippen molar-refractivity contribution in [1.29, 1.82) is 0 Å². The van der Waals surface area contributed by atoms with Crippen LogP contribution in [0.5, 0.6) is 5.75 Å². The number of aryl methyl sites for hydroxylation is 3. The molecule has 0 amide bonds. The number of carbonyl (C=O) groups excluding carboxylic acids is 1. The summed E-state index contributed by atoms with van der Waals surface area (Å²) in [5.74, 6) is 0.905. The van der Waals surface area contributed by atoms with Crippen molar-refractivity contribution in [3.63, 3.8) is 0 Å². The van der Waals surface area contributed by atoms with Gasteiger partial charge in [-0.15, -0.1) is 0 Å². The molecule has 2 aromatic rings. The van der Waals surface area contributed by atoms with Gasteiger partial charge in [-0.05, 0) is 80.9 Å². The molecule has 0 radical (unpaired) electrons. The molecule has 2 nitrogen and oxygen atoms in total. The van der Waals surface area contributed by atoms with E-state index in [0.29, 0.717) is 0 Å². The Morgan fingerprint density at radius 1 is 0.967 bits per heavy atom. The van der Waals surface area contributed by atoms with Gasteiger partial charge in [0.15, 0.2) is 5.52 Å². The third-order valence-corrected chi connectivity index (χ3v) is 6.65. The van der Waals surface area contributed by atoms with E-state index in [2.05, 4.69) is 72.7 Å². The molecule has 0 aliphatic heterocycles. The average molecular weight is 421 g/mol. The number of benzene rings is 2. The molecule has 0 aliphatic rings. The van der Waals surface area contributed by atoms with Crippen LogP contribution in [-0.2, 0) is 5.41 Å². The van der Waals surface area contributed by atoms with Crippen LogP contribution in [-0.4, -0.2) is 12.1 Å². The minimum atomic E-state index is 0. The quantitative estimate of drug-likeness (QED) is 0.346. The first-order chi connectivity index (χ1) is 13.6. The Balaban J connectivity index is 0.00000450. The number of carbonyl (C=O) groups is 1. The molecule has 0 bridgehead atoms. The Morgan fingerprint density at radius 2 is 1.60 bits per heavy atom. The zero-order valence-corrected chi connectivity index (χ0v) is 21.2. The van der Waals surface area contributed by atoms with Gasteiger partial charge in [-0.1, -0.05) is 65.2 Å². The van der Waals surface area contributed by atoms with Crippen molar-refractivity contribution < 1.29 is 29.8 Å². The number of rotatable bonds is 9. The molecule has 0 spiro atoms. The van der Waals surface area contributed by atoms with Crippen LogP contribution in [0.4, 0.5) is 0 Å². The van der Waals surface area contributed by atoms with E-state index in [9.17, 15) is 4.79 Å². The summed E-state index contributed by atoms with van der Waals surface area (Å²) >= 11 is 0. The first kappa shape index (κ1) is 27.0. The summed E-state index contributed by atoms with van der Waals surface area (Å²) in [6, 6.07) is 10.5. The molecule has 0 heterocycles. The van der Waals surface area contributed by atoms with Crippen LogP contribution in [0.3, 0.4) is 0 Å². The number of ether oxygens (including phenoxy) is 1. The van der Waals surface area contributed by atoms with Crippen molar-refractivity contribution in [3.8, 4) is 5.75 Å².